The van der Waals surface area contributed by atoms with Crippen LogP contribution in [0.5, 0.6) is 5.75 Å². The number of aliphatic hydroxyl groups excluding tert-OH is 1. The Morgan fingerprint density at radius 3 is 2.44 bits per heavy atom. The number of Topliss-reactive ketones (excluding diaryl/α,β-unsaturated/α-hetero) is 1. The van der Waals surface area contributed by atoms with Crippen LogP contribution < -0.4 is 14.5 Å². The Bertz CT molecular complexity index is 1210. The third kappa shape index (κ3) is 4.56. The van der Waals surface area contributed by atoms with Gasteiger partial charge in [0.05, 0.1) is 12.2 Å². The van der Waals surface area contributed by atoms with Gasteiger partial charge in [0.1, 0.15) is 17.6 Å². The topological polar surface area (TPSA) is 70.1 Å². The van der Waals surface area contributed by atoms with Crippen molar-refractivity contribution in [3.63, 3.8) is 0 Å². The first-order chi connectivity index (χ1) is 16.3. The lowest BCUT2D eigenvalue weighted by atomic mass is 9.99. The molecule has 0 bridgehead atoms. The van der Waals surface area contributed by atoms with Crippen molar-refractivity contribution in [2.75, 3.05) is 30.5 Å². The van der Waals surface area contributed by atoms with E-state index in [1.807, 2.05) is 60.8 Å². The number of ketones is 1. The Labute approximate surface area is 203 Å². The van der Waals surface area contributed by atoms with Gasteiger partial charge in [0.2, 0.25) is 0 Å². The van der Waals surface area contributed by atoms with E-state index in [4.69, 9.17) is 4.74 Å². The summed E-state index contributed by atoms with van der Waals surface area (Å²) in [6.07, 6.45) is 0. The van der Waals surface area contributed by atoms with E-state index < -0.39 is 17.7 Å². The van der Waals surface area contributed by atoms with E-state index in [-0.39, 0.29) is 11.3 Å². The Balaban J connectivity index is 1.80. The normalized spacial score (nSPS) is 17.4. The van der Waals surface area contributed by atoms with Crippen LogP contribution in [0.4, 0.5) is 11.4 Å². The van der Waals surface area contributed by atoms with Gasteiger partial charge < -0.3 is 14.7 Å². The summed E-state index contributed by atoms with van der Waals surface area (Å²) in [5.74, 6) is -0.635. The quantitative estimate of drug-likeness (QED) is 0.278. The van der Waals surface area contributed by atoms with Gasteiger partial charge in [-0.1, -0.05) is 32.0 Å². The van der Waals surface area contributed by atoms with Gasteiger partial charge in [-0.25, -0.2) is 0 Å². The first kappa shape index (κ1) is 23.6. The van der Waals surface area contributed by atoms with Gasteiger partial charge in [-0.05, 0) is 53.8 Å². The van der Waals surface area contributed by atoms with Gasteiger partial charge >= 0.3 is 0 Å². The molecule has 1 unspecified atom stereocenters. The second kappa shape index (κ2) is 9.73. The lowest BCUT2D eigenvalue weighted by Gasteiger charge is -2.25. The molecule has 0 spiro atoms. The van der Waals surface area contributed by atoms with Crippen LogP contribution in [0.3, 0.4) is 0 Å². The molecule has 1 atom stereocenters. The summed E-state index contributed by atoms with van der Waals surface area (Å²) in [7, 11) is 3.87. The number of hydrogen-bond acceptors (Lipinski definition) is 6. The summed E-state index contributed by atoms with van der Waals surface area (Å²) in [4.78, 5) is 30.7. The molecule has 176 valence electrons. The number of nitrogens with zero attached hydrogens (tertiary/aromatic N) is 2. The summed E-state index contributed by atoms with van der Waals surface area (Å²) in [6, 6.07) is 17.4. The van der Waals surface area contributed by atoms with Gasteiger partial charge in [0.25, 0.3) is 11.7 Å². The monoisotopic (exact) mass is 476 g/mol. The lowest BCUT2D eigenvalue weighted by Crippen LogP contribution is -2.29. The Morgan fingerprint density at radius 2 is 1.82 bits per heavy atom. The van der Waals surface area contributed by atoms with Crippen molar-refractivity contribution in [3.05, 3.63) is 82.1 Å². The minimum Gasteiger partial charge on any atom is -0.507 e. The maximum Gasteiger partial charge on any atom is 0.300 e. The fraction of sp³-hybridized carbons (Fsp3) is 0.259. The van der Waals surface area contributed by atoms with E-state index in [1.165, 1.54) is 16.2 Å². The molecule has 0 saturated carbocycles. The van der Waals surface area contributed by atoms with Crippen molar-refractivity contribution in [3.8, 4) is 5.75 Å². The molecular formula is C27H28N2O4S. The smallest absolute Gasteiger partial charge is 0.300 e. The van der Waals surface area contributed by atoms with Crippen molar-refractivity contribution < 1.29 is 19.4 Å². The first-order valence-electron chi connectivity index (χ1n) is 11.1. The van der Waals surface area contributed by atoms with Gasteiger partial charge in [-0.2, -0.15) is 0 Å². The van der Waals surface area contributed by atoms with E-state index in [9.17, 15) is 14.7 Å². The number of hydrogen-bond donors (Lipinski definition) is 1. The van der Waals surface area contributed by atoms with Crippen molar-refractivity contribution >= 4 is 40.2 Å². The maximum atomic E-state index is 13.2. The van der Waals surface area contributed by atoms with Crippen LogP contribution in [0.2, 0.25) is 0 Å². The number of anilines is 2. The zero-order valence-corrected chi connectivity index (χ0v) is 20.5. The van der Waals surface area contributed by atoms with Crippen molar-refractivity contribution in [1.82, 2.24) is 0 Å². The molecule has 1 aliphatic rings. The summed E-state index contributed by atoms with van der Waals surface area (Å²) in [5.41, 5.74) is 2.08. The SMILES string of the molecule is CC(C)COc1cccc(/C(O)=C2/C(=O)C(=O)N(c3ccc(N(C)C)cc3)C2c2cccs2)c1. The molecule has 1 fully saturated rings. The zero-order valence-electron chi connectivity index (χ0n) is 19.7. The van der Waals surface area contributed by atoms with Crippen molar-refractivity contribution in [2.24, 2.45) is 5.92 Å². The third-order valence-electron chi connectivity index (χ3n) is 5.59. The maximum absolute atomic E-state index is 13.2. The standard InChI is InChI=1S/C27H28N2O4S/c1-17(2)16-33-21-8-5-7-18(15-21)25(30)23-24(22-9-6-14-34-22)29(27(32)26(23)31)20-12-10-19(11-13-20)28(3)4/h5-15,17,24,30H,16H2,1-4H3/b25-23-. The number of benzene rings is 2. The highest BCUT2D eigenvalue weighted by Crippen LogP contribution is 2.44. The molecule has 7 heteroatoms. The first-order valence-corrected chi connectivity index (χ1v) is 12.0. The molecular weight excluding hydrogens is 448 g/mol. The molecule has 0 radical (unpaired) electrons. The van der Waals surface area contributed by atoms with Crippen LogP contribution in [0.1, 0.15) is 30.3 Å². The highest BCUT2D eigenvalue weighted by molar-refractivity contribution is 7.10. The van der Waals surface area contributed by atoms with Crippen LogP contribution in [0.25, 0.3) is 5.76 Å². The molecule has 1 aromatic heterocycles. The summed E-state index contributed by atoms with van der Waals surface area (Å²) >= 11 is 1.44. The number of thiophene rings is 1. The average Bonchev–Trinajstić information content (AvgIpc) is 3.44. The summed E-state index contributed by atoms with van der Waals surface area (Å²) in [6.45, 7) is 4.64. The van der Waals surface area contributed by atoms with Crippen LogP contribution in [0.15, 0.2) is 71.6 Å². The Hall–Kier alpha value is -3.58. The minimum atomic E-state index is -0.717. The van der Waals surface area contributed by atoms with E-state index in [1.54, 1.807) is 24.3 Å². The summed E-state index contributed by atoms with van der Waals surface area (Å²) < 4.78 is 5.79. The molecule has 1 aliphatic heterocycles. The molecule has 3 aromatic rings. The highest BCUT2D eigenvalue weighted by atomic mass is 32.1. The fourth-order valence-corrected chi connectivity index (χ4v) is 4.70. The second-order valence-corrected chi connectivity index (χ2v) is 9.81. The number of carbonyl (C=O) groups excluding carboxylic acids is 2. The van der Waals surface area contributed by atoms with Gasteiger partial charge in [-0.15, -0.1) is 11.3 Å². The largest absolute Gasteiger partial charge is 0.507 e. The molecule has 2 aromatic carbocycles. The van der Waals surface area contributed by atoms with E-state index in [0.717, 1.165) is 10.6 Å². The van der Waals surface area contributed by atoms with Gasteiger partial charge in [0, 0.05) is 35.9 Å². The third-order valence-corrected chi connectivity index (χ3v) is 6.52. The highest BCUT2D eigenvalue weighted by Gasteiger charge is 2.47. The predicted octanol–water partition coefficient (Wildman–Crippen LogP) is 5.48. The molecule has 1 amide bonds. The van der Waals surface area contributed by atoms with Crippen molar-refractivity contribution in [1.29, 1.82) is 0 Å². The zero-order chi connectivity index (χ0) is 24.4. The van der Waals surface area contributed by atoms with Gasteiger partial charge in [0.15, 0.2) is 0 Å². The second-order valence-electron chi connectivity index (χ2n) is 8.83. The molecule has 6 nitrogen and oxygen atoms in total. The van der Waals surface area contributed by atoms with Crippen molar-refractivity contribution in [2.45, 2.75) is 19.9 Å². The Morgan fingerprint density at radius 1 is 1.09 bits per heavy atom. The van der Waals surface area contributed by atoms with Crippen LogP contribution in [0, 0.1) is 5.92 Å². The van der Waals surface area contributed by atoms with Crippen LogP contribution in [-0.4, -0.2) is 37.5 Å². The van der Waals surface area contributed by atoms with E-state index >= 15 is 0 Å². The molecule has 1 N–H and O–H groups in total. The van der Waals surface area contributed by atoms with Crippen LogP contribution in [-0.2, 0) is 9.59 Å². The Kier molecular flexibility index (Phi) is 6.75. The average molecular weight is 477 g/mol. The van der Waals surface area contributed by atoms with E-state index in [0.29, 0.717) is 29.5 Å². The predicted molar refractivity (Wildman–Crippen MR) is 137 cm³/mol. The van der Waals surface area contributed by atoms with Crippen LogP contribution >= 0.6 is 11.3 Å². The number of rotatable bonds is 7. The number of carbonyl (C=O) groups is 2. The summed E-state index contributed by atoms with van der Waals surface area (Å²) in [5, 5.41) is 13.2. The molecule has 1 saturated heterocycles. The molecule has 34 heavy (non-hydrogen) atoms. The van der Waals surface area contributed by atoms with E-state index in [2.05, 4.69) is 13.8 Å². The number of aliphatic hydroxyl groups is 1. The molecule has 2 heterocycles. The number of amides is 1. The fourth-order valence-electron chi connectivity index (χ4n) is 3.88. The molecule has 0 aliphatic carbocycles. The molecule has 4 rings (SSSR count). The van der Waals surface area contributed by atoms with Gasteiger partial charge in [-0.3, -0.25) is 14.5 Å². The minimum absolute atomic E-state index is 0.0742. The lowest BCUT2D eigenvalue weighted by molar-refractivity contribution is -0.132. The number of ether oxygens (including phenoxy) is 1.